The van der Waals surface area contributed by atoms with Crippen LogP contribution < -0.4 is 5.32 Å². The van der Waals surface area contributed by atoms with Gasteiger partial charge in [0.25, 0.3) is 5.91 Å². The predicted octanol–water partition coefficient (Wildman–Crippen LogP) is 3.53. The number of sulfonamides is 1. The van der Waals surface area contributed by atoms with Gasteiger partial charge in [-0.3, -0.25) is 4.79 Å². The van der Waals surface area contributed by atoms with Gasteiger partial charge in [-0.1, -0.05) is 6.07 Å². The molecule has 8 heteroatoms. The van der Waals surface area contributed by atoms with E-state index in [-0.39, 0.29) is 16.5 Å². The zero-order valence-corrected chi connectivity index (χ0v) is 17.8. The molecular formula is C22H24N4O3S. The van der Waals surface area contributed by atoms with E-state index in [9.17, 15) is 13.2 Å². The van der Waals surface area contributed by atoms with Crippen molar-refractivity contribution in [3.63, 3.8) is 0 Å². The third kappa shape index (κ3) is 4.15. The highest BCUT2D eigenvalue weighted by molar-refractivity contribution is 7.89. The van der Waals surface area contributed by atoms with Crippen LogP contribution in [0.15, 0.2) is 59.9 Å². The summed E-state index contributed by atoms with van der Waals surface area (Å²) in [6.45, 7) is 5.10. The van der Waals surface area contributed by atoms with E-state index in [0.717, 1.165) is 35.3 Å². The highest BCUT2D eigenvalue weighted by Gasteiger charge is 2.27. The maximum Gasteiger partial charge on any atom is 0.275 e. The number of rotatable bonds is 5. The molecule has 0 radical (unpaired) electrons. The number of carbonyl (C=O) groups is 1. The van der Waals surface area contributed by atoms with Gasteiger partial charge < -0.3 is 9.88 Å². The summed E-state index contributed by atoms with van der Waals surface area (Å²) in [6, 6.07) is 12.5. The minimum Gasteiger partial charge on any atom is -0.321 e. The SMILES string of the molecule is Cc1cc(C)cc(NC(=O)c2cn(-c3ccc(S(=O)(=O)N4CCCC4)cc3)cn2)c1. The molecule has 1 saturated heterocycles. The monoisotopic (exact) mass is 424 g/mol. The third-order valence-electron chi connectivity index (χ3n) is 5.13. The van der Waals surface area contributed by atoms with Gasteiger partial charge in [0.2, 0.25) is 10.0 Å². The Balaban J connectivity index is 1.50. The first kappa shape index (κ1) is 20.3. The quantitative estimate of drug-likeness (QED) is 0.679. The minimum atomic E-state index is -3.44. The van der Waals surface area contributed by atoms with Gasteiger partial charge in [0.1, 0.15) is 12.0 Å². The Bertz CT molecular complexity index is 1160. The lowest BCUT2D eigenvalue weighted by atomic mass is 10.1. The molecule has 4 rings (SSSR count). The first-order valence-corrected chi connectivity index (χ1v) is 11.3. The van der Waals surface area contributed by atoms with E-state index in [4.69, 9.17) is 0 Å². The molecule has 1 N–H and O–H groups in total. The van der Waals surface area contributed by atoms with Crippen LogP contribution >= 0.6 is 0 Å². The number of nitrogens with zero attached hydrogens (tertiary/aromatic N) is 3. The number of hydrogen-bond acceptors (Lipinski definition) is 4. The molecular weight excluding hydrogens is 400 g/mol. The highest BCUT2D eigenvalue weighted by Crippen LogP contribution is 2.22. The van der Waals surface area contributed by atoms with Crippen molar-refractivity contribution in [2.75, 3.05) is 18.4 Å². The minimum absolute atomic E-state index is 0.279. The highest BCUT2D eigenvalue weighted by atomic mass is 32.2. The standard InChI is InChI=1S/C22H24N4O3S/c1-16-11-17(2)13-18(12-16)24-22(27)21-14-25(15-23-21)19-5-7-20(8-6-19)30(28,29)26-9-3-4-10-26/h5-8,11-15H,3-4,9-10H2,1-2H3,(H,24,27). The molecule has 0 unspecified atom stereocenters. The Morgan fingerprint density at radius 3 is 2.27 bits per heavy atom. The van der Waals surface area contributed by atoms with Crippen LogP contribution in [0.5, 0.6) is 0 Å². The fourth-order valence-corrected chi connectivity index (χ4v) is 5.21. The number of carbonyl (C=O) groups excluding carboxylic acids is 1. The maximum absolute atomic E-state index is 12.7. The smallest absolute Gasteiger partial charge is 0.275 e. The summed E-state index contributed by atoms with van der Waals surface area (Å²) in [5, 5.41) is 2.87. The number of amides is 1. The van der Waals surface area contributed by atoms with E-state index in [0.29, 0.717) is 13.1 Å². The molecule has 2 aromatic carbocycles. The van der Waals surface area contributed by atoms with Crippen molar-refractivity contribution in [1.29, 1.82) is 0 Å². The first-order valence-electron chi connectivity index (χ1n) is 9.87. The molecule has 0 bridgehead atoms. The normalized spacial score (nSPS) is 14.7. The molecule has 1 aliphatic heterocycles. The lowest BCUT2D eigenvalue weighted by Crippen LogP contribution is -2.27. The van der Waals surface area contributed by atoms with Crippen LogP contribution in [-0.2, 0) is 10.0 Å². The van der Waals surface area contributed by atoms with E-state index in [1.54, 1.807) is 41.4 Å². The van der Waals surface area contributed by atoms with Crippen LogP contribution in [0.3, 0.4) is 0 Å². The molecule has 2 heterocycles. The summed E-state index contributed by atoms with van der Waals surface area (Å²) in [5.74, 6) is -0.299. The van der Waals surface area contributed by atoms with Gasteiger partial charge in [-0.25, -0.2) is 13.4 Å². The van der Waals surface area contributed by atoms with Crippen LogP contribution in [0.4, 0.5) is 5.69 Å². The second-order valence-corrected chi connectivity index (χ2v) is 9.54. The number of anilines is 1. The van der Waals surface area contributed by atoms with Crippen molar-refractivity contribution < 1.29 is 13.2 Å². The number of aryl methyl sites for hydroxylation is 2. The molecule has 1 aromatic heterocycles. The average molecular weight is 425 g/mol. The molecule has 156 valence electrons. The predicted molar refractivity (Wildman–Crippen MR) is 115 cm³/mol. The first-order chi connectivity index (χ1) is 14.3. The molecule has 7 nitrogen and oxygen atoms in total. The molecule has 0 saturated carbocycles. The largest absolute Gasteiger partial charge is 0.321 e. The second-order valence-electron chi connectivity index (χ2n) is 7.60. The topological polar surface area (TPSA) is 84.3 Å². The number of benzene rings is 2. The van der Waals surface area contributed by atoms with E-state index in [1.807, 2.05) is 32.0 Å². The van der Waals surface area contributed by atoms with Crippen molar-refractivity contribution >= 4 is 21.6 Å². The lowest BCUT2D eigenvalue weighted by Gasteiger charge is -2.15. The fourth-order valence-electron chi connectivity index (χ4n) is 3.69. The van der Waals surface area contributed by atoms with Crippen molar-refractivity contribution in [2.24, 2.45) is 0 Å². The van der Waals surface area contributed by atoms with Gasteiger partial charge in [0, 0.05) is 30.7 Å². The van der Waals surface area contributed by atoms with E-state index in [2.05, 4.69) is 10.3 Å². The van der Waals surface area contributed by atoms with Gasteiger partial charge in [0.05, 0.1) is 4.90 Å². The molecule has 1 aliphatic rings. The van der Waals surface area contributed by atoms with Crippen LogP contribution in [0.1, 0.15) is 34.5 Å². The molecule has 1 fully saturated rings. The van der Waals surface area contributed by atoms with Crippen molar-refractivity contribution in [1.82, 2.24) is 13.9 Å². The second kappa shape index (κ2) is 8.04. The molecule has 0 spiro atoms. The van der Waals surface area contributed by atoms with E-state index in [1.165, 1.54) is 4.31 Å². The number of imidazole rings is 1. The number of nitrogens with one attached hydrogen (secondary N) is 1. The summed E-state index contributed by atoms with van der Waals surface area (Å²) >= 11 is 0. The van der Waals surface area contributed by atoms with Crippen molar-refractivity contribution in [3.05, 3.63) is 71.8 Å². The number of aromatic nitrogens is 2. The Kier molecular flexibility index (Phi) is 5.44. The van der Waals surface area contributed by atoms with Crippen LogP contribution in [0.25, 0.3) is 5.69 Å². The lowest BCUT2D eigenvalue weighted by molar-refractivity contribution is 0.102. The third-order valence-corrected chi connectivity index (χ3v) is 7.05. The fraction of sp³-hybridized carbons (Fsp3) is 0.273. The molecule has 3 aromatic rings. The van der Waals surface area contributed by atoms with Gasteiger partial charge in [0.15, 0.2) is 0 Å². The van der Waals surface area contributed by atoms with Crippen LogP contribution in [0.2, 0.25) is 0 Å². The van der Waals surface area contributed by atoms with Gasteiger partial charge in [-0.05, 0) is 74.2 Å². The van der Waals surface area contributed by atoms with Crippen molar-refractivity contribution in [2.45, 2.75) is 31.6 Å². The number of hydrogen-bond donors (Lipinski definition) is 1. The zero-order valence-electron chi connectivity index (χ0n) is 17.0. The Labute approximate surface area is 176 Å². The Morgan fingerprint density at radius 1 is 1.00 bits per heavy atom. The molecule has 30 heavy (non-hydrogen) atoms. The zero-order chi connectivity index (χ0) is 21.3. The van der Waals surface area contributed by atoms with Gasteiger partial charge in [-0.15, -0.1) is 0 Å². The van der Waals surface area contributed by atoms with Crippen LogP contribution in [0, 0.1) is 13.8 Å². The van der Waals surface area contributed by atoms with Gasteiger partial charge >= 0.3 is 0 Å². The van der Waals surface area contributed by atoms with Crippen LogP contribution in [-0.4, -0.2) is 41.3 Å². The summed E-state index contributed by atoms with van der Waals surface area (Å²) < 4.78 is 28.5. The molecule has 0 aliphatic carbocycles. The summed E-state index contributed by atoms with van der Waals surface area (Å²) in [7, 11) is -3.44. The molecule has 0 atom stereocenters. The average Bonchev–Trinajstić information content (AvgIpc) is 3.40. The van der Waals surface area contributed by atoms with E-state index >= 15 is 0 Å². The maximum atomic E-state index is 12.7. The Morgan fingerprint density at radius 2 is 1.63 bits per heavy atom. The van der Waals surface area contributed by atoms with E-state index < -0.39 is 10.0 Å². The summed E-state index contributed by atoms with van der Waals surface area (Å²) in [5.41, 5.74) is 3.87. The van der Waals surface area contributed by atoms with Crippen molar-refractivity contribution in [3.8, 4) is 5.69 Å². The summed E-state index contributed by atoms with van der Waals surface area (Å²) in [4.78, 5) is 17.0. The Hall–Kier alpha value is -2.97. The summed E-state index contributed by atoms with van der Waals surface area (Å²) in [6.07, 6.45) is 4.97. The molecule has 1 amide bonds. The van der Waals surface area contributed by atoms with Gasteiger partial charge in [-0.2, -0.15) is 4.31 Å².